The fraction of sp³-hybridized carbons (Fsp3) is 0.490. The number of amides is 4. The van der Waals surface area contributed by atoms with Gasteiger partial charge in [-0.3, -0.25) is 39.2 Å². The fourth-order valence-electron chi connectivity index (χ4n) is 9.32. The lowest BCUT2D eigenvalue weighted by Crippen LogP contribution is -2.53. The van der Waals surface area contributed by atoms with E-state index < -0.39 is 17.8 Å². The second-order valence-corrected chi connectivity index (χ2v) is 19.4. The van der Waals surface area contributed by atoms with Crippen LogP contribution in [0.1, 0.15) is 41.6 Å². The number of hydrogen-bond donors (Lipinski definition) is 3. The van der Waals surface area contributed by atoms with Crippen molar-refractivity contribution in [2.45, 2.75) is 49.2 Å². The molecule has 4 amide bonds. The van der Waals surface area contributed by atoms with E-state index >= 15 is 0 Å². The number of hydrogen-bond acceptors (Lipinski definition) is 16. The van der Waals surface area contributed by atoms with Gasteiger partial charge in [-0.15, -0.1) is 11.8 Å². The number of rotatable bonds is 25. The molecule has 4 aromatic rings. The van der Waals surface area contributed by atoms with E-state index in [-0.39, 0.29) is 29.2 Å². The van der Waals surface area contributed by atoms with Crippen molar-refractivity contribution in [3.63, 3.8) is 0 Å². The molecule has 4 aliphatic rings. The standard InChI is InChI=1S/C51H63ClFN9O9S/c1-67-45-32-42-38(49(55-34-54-42)56-35-7-8-41(53)40(52)30-35)31-43(45)57-47(63)6-3-13-59-14-11-36(12-15-59)61-18-16-60(17-19-61)20-21-68-22-23-69-24-25-70-26-27-71-28-29-72-46-5-2-4-37-39(46)33-62(51(37)66)44-9-10-48(64)58-50(44)65/h2-8,30-32,34,36,44H,9-29,33H2,1H3,(H,57,63)(H,54,55,56)(H,58,64,65)/b6-3+. The van der Waals surface area contributed by atoms with Gasteiger partial charge in [-0.2, -0.15) is 0 Å². The molecular weight excluding hydrogens is 969 g/mol. The third-order valence-corrected chi connectivity index (χ3v) is 14.6. The average Bonchev–Trinajstić information content (AvgIpc) is 3.72. The monoisotopic (exact) mass is 1030 g/mol. The maximum absolute atomic E-state index is 13.7. The predicted molar refractivity (Wildman–Crippen MR) is 273 cm³/mol. The van der Waals surface area contributed by atoms with Gasteiger partial charge < -0.3 is 39.2 Å². The minimum Gasteiger partial charge on any atom is -0.494 e. The third-order valence-electron chi connectivity index (χ3n) is 13.2. The number of piperazine rings is 1. The molecule has 3 aromatic carbocycles. The van der Waals surface area contributed by atoms with Crippen LogP contribution in [0.4, 0.5) is 21.6 Å². The van der Waals surface area contributed by atoms with Gasteiger partial charge in [0.2, 0.25) is 17.7 Å². The van der Waals surface area contributed by atoms with Gasteiger partial charge in [-0.1, -0.05) is 23.7 Å². The first-order valence-electron chi connectivity index (χ1n) is 24.5. The quantitative estimate of drug-likeness (QED) is 0.0332. The number of piperidine rings is 2. The Hall–Kier alpha value is -5.29. The summed E-state index contributed by atoms with van der Waals surface area (Å²) < 4.78 is 42.2. The molecule has 1 unspecified atom stereocenters. The number of carbonyl (C=O) groups is 4. The summed E-state index contributed by atoms with van der Waals surface area (Å²) in [5.74, 6) is -0.0362. The summed E-state index contributed by atoms with van der Waals surface area (Å²) in [6.07, 6.45) is 7.63. The molecule has 0 aliphatic carbocycles. The first-order valence-corrected chi connectivity index (χ1v) is 25.9. The lowest BCUT2D eigenvalue weighted by molar-refractivity contribution is -0.137. The van der Waals surface area contributed by atoms with Crippen LogP contribution in [0.25, 0.3) is 10.9 Å². The number of nitrogens with one attached hydrogen (secondary N) is 3. The van der Waals surface area contributed by atoms with Gasteiger partial charge in [0.1, 0.15) is 29.8 Å². The van der Waals surface area contributed by atoms with Crippen molar-refractivity contribution in [2.24, 2.45) is 0 Å². The van der Waals surface area contributed by atoms with E-state index in [4.69, 9.17) is 35.3 Å². The molecule has 3 saturated heterocycles. The van der Waals surface area contributed by atoms with Gasteiger partial charge in [0.25, 0.3) is 5.91 Å². The highest BCUT2D eigenvalue weighted by atomic mass is 35.5. The number of likely N-dealkylation sites (tertiary alicyclic amines) is 1. The molecule has 386 valence electrons. The molecule has 18 nitrogen and oxygen atoms in total. The number of imide groups is 1. The number of halogens is 2. The predicted octanol–water partition coefficient (Wildman–Crippen LogP) is 5.37. The van der Waals surface area contributed by atoms with Crippen molar-refractivity contribution in [3.05, 3.63) is 89.0 Å². The second-order valence-electron chi connectivity index (χ2n) is 17.8. The number of nitrogens with zero attached hydrogens (tertiary/aromatic N) is 6. The number of carbonyl (C=O) groups excluding carboxylic acids is 4. The summed E-state index contributed by atoms with van der Waals surface area (Å²) in [4.78, 5) is 68.8. The highest BCUT2D eigenvalue weighted by Crippen LogP contribution is 2.36. The zero-order valence-corrected chi connectivity index (χ0v) is 42.2. The van der Waals surface area contributed by atoms with Crippen molar-refractivity contribution in [3.8, 4) is 5.75 Å². The number of anilines is 3. The van der Waals surface area contributed by atoms with Crippen molar-refractivity contribution >= 4 is 75.1 Å². The average molecular weight is 1030 g/mol. The van der Waals surface area contributed by atoms with Crippen LogP contribution in [0.15, 0.2) is 71.9 Å². The van der Waals surface area contributed by atoms with Crippen LogP contribution in [0.2, 0.25) is 5.02 Å². The second kappa shape index (κ2) is 26.6. The summed E-state index contributed by atoms with van der Waals surface area (Å²) in [6, 6.07) is 13.4. The van der Waals surface area contributed by atoms with E-state index in [9.17, 15) is 23.6 Å². The molecule has 3 fully saturated rings. The summed E-state index contributed by atoms with van der Waals surface area (Å²) in [5.41, 5.74) is 3.15. The molecule has 21 heteroatoms. The number of aromatic nitrogens is 2. The van der Waals surface area contributed by atoms with Crippen LogP contribution in [0.5, 0.6) is 5.75 Å². The highest BCUT2D eigenvalue weighted by Gasteiger charge is 2.40. The molecule has 0 saturated carbocycles. The van der Waals surface area contributed by atoms with Gasteiger partial charge in [0.15, 0.2) is 0 Å². The Morgan fingerprint density at radius 2 is 1.61 bits per heavy atom. The Balaban J connectivity index is 0.617. The Morgan fingerprint density at radius 1 is 0.875 bits per heavy atom. The molecule has 1 aromatic heterocycles. The molecule has 0 spiro atoms. The van der Waals surface area contributed by atoms with E-state index in [1.807, 2.05) is 18.2 Å². The Labute approximate surface area is 428 Å². The summed E-state index contributed by atoms with van der Waals surface area (Å²) in [6.45, 7) is 12.2. The molecular formula is C51H63ClFN9O9S. The van der Waals surface area contributed by atoms with E-state index in [0.717, 1.165) is 69.1 Å². The van der Waals surface area contributed by atoms with Crippen molar-refractivity contribution in [2.75, 3.05) is 129 Å². The summed E-state index contributed by atoms with van der Waals surface area (Å²) in [5, 5.41) is 9.07. The lowest BCUT2D eigenvalue weighted by atomic mass is 10.0. The van der Waals surface area contributed by atoms with E-state index in [2.05, 4.69) is 40.6 Å². The first kappa shape index (κ1) is 53.0. The minimum absolute atomic E-state index is 0.0123. The van der Waals surface area contributed by atoms with Crippen LogP contribution in [0, 0.1) is 5.82 Å². The molecule has 72 heavy (non-hydrogen) atoms. The number of ether oxygens (including phenoxy) is 5. The normalized spacial score (nSPS) is 18.3. The maximum atomic E-state index is 13.7. The number of methoxy groups -OCH3 is 1. The SMILES string of the molecule is COc1cc2ncnc(Nc3ccc(F)c(Cl)c3)c2cc1NC(=O)/C=C/CN1CCC(N2CCN(CCOCCOCCOCCOCCSc3cccc4c3CN(C3CCC(=O)NC3=O)C4=O)CC2)CC1. The van der Waals surface area contributed by atoms with Crippen LogP contribution < -0.4 is 20.7 Å². The van der Waals surface area contributed by atoms with Gasteiger partial charge in [0, 0.05) is 97.7 Å². The summed E-state index contributed by atoms with van der Waals surface area (Å²) >= 11 is 7.60. The molecule has 3 N–H and O–H groups in total. The van der Waals surface area contributed by atoms with Crippen molar-refractivity contribution in [1.82, 2.24) is 34.9 Å². The topological polar surface area (TPSA) is 189 Å². The zero-order valence-electron chi connectivity index (χ0n) is 40.6. The largest absolute Gasteiger partial charge is 0.494 e. The molecule has 4 aliphatic heterocycles. The summed E-state index contributed by atoms with van der Waals surface area (Å²) in [7, 11) is 1.53. The first-order chi connectivity index (χ1) is 35.1. The Morgan fingerprint density at radius 3 is 2.33 bits per heavy atom. The van der Waals surface area contributed by atoms with E-state index in [1.54, 1.807) is 47.0 Å². The molecule has 0 bridgehead atoms. The maximum Gasteiger partial charge on any atom is 0.255 e. The number of thioether (sulfide) groups is 1. The number of benzene rings is 3. The highest BCUT2D eigenvalue weighted by molar-refractivity contribution is 7.99. The molecule has 8 rings (SSSR count). The minimum atomic E-state index is -0.626. The van der Waals surface area contributed by atoms with Crippen molar-refractivity contribution in [1.29, 1.82) is 0 Å². The molecule has 5 heterocycles. The van der Waals surface area contributed by atoms with Gasteiger partial charge >= 0.3 is 0 Å². The molecule has 1 atom stereocenters. The van der Waals surface area contributed by atoms with Crippen LogP contribution in [-0.4, -0.2) is 183 Å². The van der Waals surface area contributed by atoms with Gasteiger partial charge in [-0.25, -0.2) is 14.4 Å². The zero-order chi connectivity index (χ0) is 50.2. The van der Waals surface area contributed by atoms with E-state index in [1.165, 1.54) is 25.6 Å². The van der Waals surface area contributed by atoms with Gasteiger partial charge in [-0.05, 0) is 74.3 Å². The van der Waals surface area contributed by atoms with Crippen LogP contribution >= 0.6 is 23.4 Å². The van der Waals surface area contributed by atoms with Crippen LogP contribution in [0.3, 0.4) is 0 Å². The Kier molecular flexibility index (Phi) is 19.6. The smallest absolute Gasteiger partial charge is 0.255 e. The molecule has 0 radical (unpaired) electrons. The van der Waals surface area contributed by atoms with E-state index in [0.29, 0.717) is 124 Å². The van der Waals surface area contributed by atoms with Crippen molar-refractivity contribution < 1.29 is 47.3 Å². The number of fused-ring (bicyclic) bond motifs is 2. The van der Waals surface area contributed by atoms with Gasteiger partial charge in [0.05, 0.1) is 76.2 Å². The third kappa shape index (κ3) is 14.5. The Bertz CT molecular complexity index is 2550. The lowest BCUT2D eigenvalue weighted by Gasteiger charge is -2.42. The fourth-order valence-corrected chi connectivity index (χ4v) is 10.4. The van der Waals surface area contributed by atoms with Crippen LogP contribution in [-0.2, 0) is 39.9 Å².